The Kier molecular flexibility index (Phi) is 3.14. The number of nitrogens with zero attached hydrogens (tertiary/aromatic N) is 1. The Morgan fingerprint density at radius 2 is 1.74 bits per heavy atom. The highest BCUT2D eigenvalue weighted by atomic mass is 16.5. The summed E-state index contributed by atoms with van der Waals surface area (Å²) in [4.78, 5) is 26.0. The summed E-state index contributed by atoms with van der Waals surface area (Å²) in [6.07, 6.45) is 2.62. The van der Waals surface area contributed by atoms with Gasteiger partial charge in [-0.2, -0.15) is 0 Å². The molecule has 2 heterocycles. The lowest BCUT2D eigenvalue weighted by Gasteiger charge is -2.35. The van der Waals surface area contributed by atoms with Crippen LogP contribution < -0.4 is 0 Å². The molecule has 0 aromatic heterocycles. The third-order valence-electron chi connectivity index (χ3n) is 4.84. The first-order valence-corrected chi connectivity index (χ1v) is 7.15. The van der Waals surface area contributed by atoms with Crippen molar-refractivity contribution in [3.8, 4) is 0 Å². The monoisotopic (exact) mass is 267 g/mol. The van der Waals surface area contributed by atoms with Crippen LogP contribution in [0.4, 0.5) is 0 Å². The fourth-order valence-corrected chi connectivity index (χ4v) is 3.71. The first-order chi connectivity index (χ1) is 9.00. The van der Waals surface area contributed by atoms with E-state index in [9.17, 15) is 14.7 Å². The van der Waals surface area contributed by atoms with Gasteiger partial charge in [-0.25, -0.2) is 0 Å². The van der Waals surface area contributed by atoms with Crippen LogP contribution in [0.25, 0.3) is 0 Å². The first kappa shape index (κ1) is 13.1. The van der Waals surface area contributed by atoms with Crippen molar-refractivity contribution in [1.82, 2.24) is 4.90 Å². The number of hydrogen-bond donors (Lipinski definition) is 1. The molecule has 1 saturated carbocycles. The van der Waals surface area contributed by atoms with Gasteiger partial charge in [-0.1, -0.05) is 6.92 Å². The maximum atomic E-state index is 12.3. The summed E-state index contributed by atoms with van der Waals surface area (Å²) >= 11 is 0. The second-order valence-corrected chi connectivity index (χ2v) is 6.39. The molecule has 5 nitrogen and oxygen atoms in total. The predicted octanol–water partition coefficient (Wildman–Crippen LogP) is 0.559. The SMILES string of the molecule is CC1CC2C(=O)N(CC3(O)CCOCC3)C(=O)C2C1. The molecule has 0 bridgehead atoms. The molecule has 2 unspecified atom stereocenters. The summed E-state index contributed by atoms with van der Waals surface area (Å²) in [5.41, 5.74) is -0.951. The van der Waals surface area contributed by atoms with E-state index in [1.54, 1.807) is 0 Å². The van der Waals surface area contributed by atoms with Crippen molar-refractivity contribution in [2.75, 3.05) is 19.8 Å². The summed E-state index contributed by atoms with van der Waals surface area (Å²) in [7, 11) is 0. The van der Waals surface area contributed by atoms with Gasteiger partial charge in [0, 0.05) is 26.1 Å². The molecule has 3 aliphatic rings. The van der Waals surface area contributed by atoms with Crippen LogP contribution in [0.3, 0.4) is 0 Å². The highest BCUT2D eigenvalue weighted by molar-refractivity contribution is 6.05. The number of rotatable bonds is 2. The highest BCUT2D eigenvalue weighted by Gasteiger charge is 2.53. The number of carbonyl (C=O) groups excluding carboxylic acids is 2. The van der Waals surface area contributed by atoms with E-state index < -0.39 is 5.60 Å². The van der Waals surface area contributed by atoms with E-state index >= 15 is 0 Å². The third-order valence-corrected chi connectivity index (χ3v) is 4.84. The van der Waals surface area contributed by atoms with Gasteiger partial charge in [0.1, 0.15) is 0 Å². The molecule has 2 atom stereocenters. The van der Waals surface area contributed by atoms with Crippen LogP contribution in [0.2, 0.25) is 0 Å². The van der Waals surface area contributed by atoms with Gasteiger partial charge in [-0.05, 0) is 18.8 Å². The predicted molar refractivity (Wildman–Crippen MR) is 67.1 cm³/mol. The maximum Gasteiger partial charge on any atom is 0.233 e. The molecular formula is C14H21NO4. The molecule has 2 saturated heterocycles. The standard InChI is InChI=1S/C14H21NO4/c1-9-6-10-11(7-9)13(17)15(12(10)16)8-14(18)2-4-19-5-3-14/h9-11,18H,2-8H2,1H3. The Labute approximate surface area is 112 Å². The number of β-amino-alcohol motifs (C(OH)–C–C–N with tert-alkyl or cyclic N) is 1. The Morgan fingerprint density at radius 3 is 2.26 bits per heavy atom. The van der Waals surface area contributed by atoms with Crippen molar-refractivity contribution in [3.05, 3.63) is 0 Å². The molecule has 0 aromatic rings. The molecule has 3 rings (SSSR count). The maximum absolute atomic E-state index is 12.3. The number of fused-ring (bicyclic) bond motifs is 1. The average Bonchev–Trinajstić information content (AvgIpc) is 2.85. The number of ether oxygens (including phenoxy) is 1. The van der Waals surface area contributed by atoms with Crippen molar-refractivity contribution < 1.29 is 19.4 Å². The zero-order chi connectivity index (χ0) is 13.6. The van der Waals surface area contributed by atoms with Gasteiger partial charge in [0.2, 0.25) is 11.8 Å². The minimum absolute atomic E-state index is 0.0701. The summed E-state index contributed by atoms with van der Waals surface area (Å²) in [5.74, 6) is 0.0478. The summed E-state index contributed by atoms with van der Waals surface area (Å²) in [5, 5.41) is 10.5. The van der Waals surface area contributed by atoms with Gasteiger partial charge < -0.3 is 9.84 Å². The molecule has 106 valence electrons. The normalized spacial score (nSPS) is 37.8. The average molecular weight is 267 g/mol. The van der Waals surface area contributed by atoms with Crippen LogP contribution in [0.1, 0.15) is 32.6 Å². The van der Waals surface area contributed by atoms with Gasteiger partial charge in [-0.3, -0.25) is 14.5 Å². The number of amides is 2. The van der Waals surface area contributed by atoms with E-state index in [1.807, 2.05) is 0 Å². The van der Waals surface area contributed by atoms with Crippen LogP contribution in [0.15, 0.2) is 0 Å². The molecule has 0 aromatic carbocycles. The molecule has 0 radical (unpaired) electrons. The van der Waals surface area contributed by atoms with Gasteiger partial charge in [0.05, 0.1) is 24.0 Å². The Morgan fingerprint density at radius 1 is 1.21 bits per heavy atom. The smallest absolute Gasteiger partial charge is 0.233 e. The molecule has 1 N–H and O–H groups in total. The molecule has 5 heteroatoms. The fourth-order valence-electron chi connectivity index (χ4n) is 3.71. The van der Waals surface area contributed by atoms with Crippen molar-refractivity contribution in [1.29, 1.82) is 0 Å². The fraction of sp³-hybridized carbons (Fsp3) is 0.857. The minimum Gasteiger partial charge on any atom is -0.388 e. The molecule has 19 heavy (non-hydrogen) atoms. The van der Waals surface area contributed by atoms with Gasteiger partial charge in [0.15, 0.2) is 0 Å². The largest absolute Gasteiger partial charge is 0.388 e. The zero-order valence-electron chi connectivity index (χ0n) is 11.3. The van der Waals surface area contributed by atoms with E-state index in [4.69, 9.17) is 4.74 Å². The Bertz CT molecular complexity index is 378. The molecule has 1 aliphatic carbocycles. The second kappa shape index (κ2) is 4.56. The van der Waals surface area contributed by atoms with Gasteiger partial charge >= 0.3 is 0 Å². The second-order valence-electron chi connectivity index (χ2n) is 6.39. The number of imide groups is 1. The third kappa shape index (κ3) is 2.19. The lowest BCUT2D eigenvalue weighted by atomic mass is 9.93. The van der Waals surface area contributed by atoms with E-state index in [2.05, 4.69) is 6.92 Å². The summed E-state index contributed by atoms with van der Waals surface area (Å²) in [6, 6.07) is 0. The highest BCUT2D eigenvalue weighted by Crippen LogP contribution is 2.43. The molecular weight excluding hydrogens is 246 g/mol. The summed E-state index contributed by atoms with van der Waals surface area (Å²) in [6.45, 7) is 3.23. The Balaban J connectivity index is 1.72. The van der Waals surface area contributed by atoms with E-state index in [0.717, 1.165) is 12.8 Å². The molecule has 2 amide bonds. The van der Waals surface area contributed by atoms with Crippen molar-refractivity contribution in [2.24, 2.45) is 17.8 Å². The van der Waals surface area contributed by atoms with Crippen LogP contribution in [0.5, 0.6) is 0 Å². The van der Waals surface area contributed by atoms with E-state index in [-0.39, 0.29) is 30.2 Å². The number of likely N-dealkylation sites (tertiary alicyclic amines) is 1. The zero-order valence-corrected chi connectivity index (χ0v) is 11.3. The topological polar surface area (TPSA) is 66.8 Å². The first-order valence-electron chi connectivity index (χ1n) is 7.15. The molecule has 2 aliphatic heterocycles. The number of aliphatic hydroxyl groups is 1. The van der Waals surface area contributed by atoms with Crippen molar-refractivity contribution >= 4 is 11.8 Å². The molecule has 3 fully saturated rings. The quantitative estimate of drug-likeness (QED) is 0.742. The van der Waals surface area contributed by atoms with Crippen molar-refractivity contribution in [2.45, 2.75) is 38.2 Å². The Hall–Kier alpha value is -0.940. The van der Waals surface area contributed by atoms with Gasteiger partial charge in [0.25, 0.3) is 0 Å². The van der Waals surface area contributed by atoms with Crippen LogP contribution >= 0.6 is 0 Å². The lowest BCUT2D eigenvalue weighted by molar-refractivity contribution is -0.148. The number of hydrogen-bond acceptors (Lipinski definition) is 4. The van der Waals surface area contributed by atoms with Crippen LogP contribution in [0, 0.1) is 17.8 Å². The molecule has 0 spiro atoms. The minimum atomic E-state index is -0.951. The van der Waals surface area contributed by atoms with Gasteiger partial charge in [-0.15, -0.1) is 0 Å². The van der Waals surface area contributed by atoms with Crippen molar-refractivity contribution in [3.63, 3.8) is 0 Å². The van der Waals surface area contributed by atoms with Crippen LogP contribution in [-0.2, 0) is 14.3 Å². The number of carbonyl (C=O) groups is 2. The lowest BCUT2D eigenvalue weighted by Crippen LogP contribution is -2.49. The van der Waals surface area contributed by atoms with E-state index in [1.165, 1.54) is 4.90 Å². The van der Waals surface area contributed by atoms with Crippen LogP contribution in [-0.4, -0.2) is 47.2 Å². The van der Waals surface area contributed by atoms with E-state index in [0.29, 0.717) is 32.0 Å². The summed E-state index contributed by atoms with van der Waals surface area (Å²) < 4.78 is 5.22.